The van der Waals surface area contributed by atoms with Crippen molar-refractivity contribution in [2.24, 2.45) is 0 Å². The molecule has 0 fully saturated rings. The lowest BCUT2D eigenvalue weighted by Gasteiger charge is -2.09. The van der Waals surface area contributed by atoms with Crippen LogP contribution in [-0.4, -0.2) is 50.0 Å². The summed E-state index contributed by atoms with van der Waals surface area (Å²) < 4.78 is 19.0. The van der Waals surface area contributed by atoms with Crippen LogP contribution in [0.15, 0.2) is 79.3 Å². The first-order chi connectivity index (χ1) is 18.6. The summed E-state index contributed by atoms with van der Waals surface area (Å²) in [5.74, 6) is 0.538. The quantitative estimate of drug-likeness (QED) is 0.293. The molecule has 0 saturated carbocycles. The van der Waals surface area contributed by atoms with E-state index in [9.17, 15) is 9.59 Å². The lowest BCUT2D eigenvalue weighted by molar-refractivity contribution is 0.0528. The van der Waals surface area contributed by atoms with Crippen LogP contribution in [-0.2, 0) is 11.5 Å². The van der Waals surface area contributed by atoms with E-state index in [1.807, 2.05) is 18.2 Å². The van der Waals surface area contributed by atoms with Crippen LogP contribution in [0.1, 0.15) is 27.8 Å². The number of hydrogen-bond acceptors (Lipinski definition) is 8. The molecule has 0 radical (unpaired) electrons. The minimum absolute atomic E-state index is 0.144. The summed E-state index contributed by atoms with van der Waals surface area (Å²) in [5, 5.41) is 11.5. The number of nitrogens with zero attached hydrogens (tertiary/aromatic N) is 5. The number of methoxy groups -OCH3 is 1. The maximum Gasteiger partial charge on any atom is 0.343 e. The van der Waals surface area contributed by atoms with Gasteiger partial charge >= 0.3 is 5.97 Å². The van der Waals surface area contributed by atoms with Gasteiger partial charge in [-0.1, -0.05) is 12.1 Å². The number of nitrogens with one attached hydrogen (secondary N) is 1. The van der Waals surface area contributed by atoms with Crippen molar-refractivity contribution in [3.63, 3.8) is 0 Å². The highest BCUT2D eigenvalue weighted by atomic mass is 16.5. The van der Waals surface area contributed by atoms with Crippen molar-refractivity contribution in [3.8, 4) is 22.8 Å². The Labute approximate surface area is 217 Å². The molecule has 2 aromatic carbocycles. The normalized spacial score (nSPS) is 10.8. The van der Waals surface area contributed by atoms with Gasteiger partial charge in [-0.15, -0.1) is 0 Å². The van der Waals surface area contributed by atoms with Crippen LogP contribution in [0.5, 0.6) is 11.5 Å². The highest BCUT2D eigenvalue weighted by Gasteiger charge is 2.17. The number of hydrogen-bond donors (Lipinski definition) is 1. The Bertz CT molecular complexity index is 1590. The smallest absolute Gasteiger partial charge is 0.343 e. The number of esters is 1. The molecule has 0 atom stereocenters. The average Bonchev–Trinajstić information content (AvgIpc) is 3.60. The first-order valence-corrected chi connectivity index (χ1v) is 11.8. The van der Waals surface area contributed by atoms with Crippen molar-refractivity contribution < 1.29 is 23.8 Å². The van der Waals surface area contributed by atoms with Gasteiger partial charge in [-0.3, -0.25) is 4.79 Å². The van der Waals surface area contributed by atoms with Crippen molar-refractivity contribution in [2.45, 2.75) is 13.7 Å². The molecule has 0 saturated heterocycles. The summed E-state index contributed by atoms with van der Waals surface area (Å²) in [5.41, 5.74) is 2.95. The molecule has 11 nitrogen and oxygen atoms in total. The van der Waals surface area contributed by atoms with Gasteiger partial charge < -0.3 is 19.5 Å². The molecule has 38 heavy (non-hydrogen) atoms. The molecule has 0 bridgehead atoms. The maximum absolute atomic E-state index is 12.9. The molecule has 3 aromatic heterocycles. The van der Waals surface area contributed by atoms with Gasteiger partial charge in [0, 0.05) is 23.6 Å². The molecule has 0 spiro atoms. The summed E-state index contributed by atoms with van der Waals surface area (Å²) in [6, 6.07) is 17.8. The minimum Gasteiger partial charge on any atom is -0.497 e. The number of rotatable bonds is 9. The summed E-state index contributed by atoms with van der Waals surface area (Å²) in [7, 11) is 1.60. The highest BCUT2D eigenvalue weighted by molar-refractivity contribution is 6.03. The molecular formula is C27H24N6O5. The van der Waals surface area contributed by atoms with Crippen molar-refractivity contribution in [1.29, 1.82) is 0 Å². The molecule has 5 rings (SSSR count). The van der Waals surface area contributed by atoms with E-state index >= 15 is 0 Å². The monoisotopic (exact) mass is 512 g/mol. The van der Waals surface area contributed by atoms with E-state index in [0.29, 0.717) is 22.8 Å². The summed E-state index contributed by atoms with van der Waals surface area (Å²) in [6.07, 6.45) is 4.70. The Balaban J connectivity index is 1.28. The van der Waals surface area contributed by atoms with Crippen LogP contribution in [0.25, 0.3) is 16.9 Å². The van der Waals surface area contributed by atoms with E-state index in [0.717, 1.165) is 11.3 Å². The average molecular weight is 513 g/mol. The van der Waals surface area contributed by atoms with Gasteiger partial charge in [0.05, 0.1) is 25.6 Å². The van der Waals surface area contributed by atoms with Crippen LogP contribution in [0.4, 0.5) is 5.69 Å². The van der Waals surface area contributed by atoms with E-state index in [1.54, 1.807) is 73.4 Å². The third kappa shape index (κ3) is 5.16. The maximum atomic E-state index is 12.9. The molecule has 0 aliphatic rings. The number of aromatic nitrogens is 5. The van der Waals surface area contributed by atoms with Crippen LogP contribution in [0.2, 0.25) is 0 Å². The topological polar surface area (TPSA) is 122 Å². The first-order valence-electron chi connectivity index (χ1n) is 11.8. The fourth-order valence-corrected chi connectivity index (χ4v) is 3.78. The van der Waals surface area contributed by atoms with Gasteiger partial charge in [-0.05, 0) is 55.5 Å². The Morgan fingerprint density at radius 1 is 1.03 bits per heavy atom. The Morgan fingerprint density at radius 2 is 1.84 bits per heavy atom. The fraction of sp³-hybridized carbons (Fsp3) is 0.148. The van der Waals surface area contributed by atoms with Gasteiger partial charge in [-0.2, -0.15) is 10.2 Å². The molecule has 1 amide bonds. The van der Waals surface area contributed by atoms with Crippen LogP contribution in [0, 0.1) is 0 Å². The second-order valence-corrected chi connectivity index (χ2v) is 8.07. The number of carbonyl (C=O) groups excluding carboxylic acids is 2. The number of benzene rings is 2. The predicted molar refractivity (Wildman–Crippen MR) is 138 cm³/mol. The Hall–Kier alpha value is -5.19. The summed E-state index contributed by atoms with van der Waals surface area (Å²) in [6.45, 7) is 2.14. The summed E-state index contributed by atoms with van der Waals surface area (Å²) >= 11 is 0. The predicted octanol–water partition coefficient (Wildman–Crippen LogP) is 4.07. The van der Waals surface area contributed by atoms with Gasteiger partial charge in [0.15, 0.2) is 18.1 Å². The number of carbonyl (C=O) groups is 2. The van der Waals surface area contributed by atoms with Gasteiger partial charge in [-0.25, -0.2) is 19.0 Å². The van der Waals surface area contributed by atoms with Crippen molar-refractivity contribution in [3.05, 3.63) is 90.5 Å². The number of amides is 1. The third-order valence-corrected chi connectivity index (χ3v) is 5.61. The van der Waals surface area contributed by atoms with E-state index in [-0.39, 0.29) is 30.5 Å². The zero-order valence-electron chi connectivity index (χ0n) is 20.7. The molecular weight excluding hydrogens is 488 g/mol. The molecule has 11 heteroatoms. The molecule has 0 unspecified atom stereocenters. The van der Waals surface area contributed by atoms with E-state index < -0.39 is 5.97 Å². The zero-order valence-corrected chi connectivity index (χ0v) is 20.7. The lowest BCUT2D eigenvalue weighted by atomic mass is 10.1. The molecule has 1 N–H and O–H groups in total. The molecule has 192 valence electrons. The van der Waals surface area contributed by atoms with Crippen LogP contribution < -0.4 is 14.8 Å². The third-order valence-electron chi connectivity index (χ3n) is 5.61. The SMILES string of the molecule is CCOC(=O)c1cnn2c(-c3cccc(NC(=O)c4ccn(COc5ccc(OC)cc5)n4)c3)ccnc12. The lowest BCUT2D eigenvalue weighted by Crippen LogP contribution is -2.14. The number of anilines is 1. The van der Waals surface area contributed by atoms with E-state index in [4.69, 9.17) is 14.2 Å². The van der Waals surface area contributed by atoms with Gasteiger partial charge in [0.2, 0.25) is 0 Å². The van der Waals surface area contributed by atoms with Crippen molar-refractivity contribution >= 4 is 23.2 Å². The molecule has 5 aromatic rings. The molecule has 3 heterocycles. The Morgan fingerprint density at radius 3 is 2.63 bits per heavy atom. The standard InChI is InChI=1S/C27H24N6O5/c1-3-37-27(35)22-16-29-33-24(11-13-28-25(22)33)18-5-4-6-19(15-18)30-26(34)23-12-14-32(31-23)17-38-21-9-7-20(36-2)8-10-21/h4-16H,3,17H2,1-2H3,(H,30,34). The van der Waals surface area contributed by atoms with Gasteiger partial charge in [0.25, 0.3) is 5.91 Å². The van der Waals surface area contributed by atoms with Crippen LogP contribution in [0.3, 0.4) is 0 Å². The Kier molecular flexibility index (Phi) is 6.98. The van der Waals surface area contributed by atoms with Crippen LogP contribution >= 0.6 is 0 Å². The van der Waals surface area contributed by atoms with E-state index in [1.165, 1.54) is 10.9 Å². The number of ether oxygens (including phenoxy) is 3. The first kappa shape index (κ1) is 24.5. The molecule has 0 aliphatic carbocycles. The molecule has 0 aliphatic heterocycles. The largest absolute Gasteiger partial charge is 0.497 e. The second-order valence-electron chi connectivity index (χ2n) is 8.07. The van der Waals surface area contributed by atoms with E-state index in [2.05, 4.69) is 20.5 Å². The van der Waals surface area contributed by atoms with Gasteiger partial charge in [0.1, 0.15) is 17.1 Å². The fourth-order valence-electron chi connectivity index (χ4n) is 3.78. The van der Waals surface area contributed by atoms with Crippen molar-refractivity contribution in [1.82, 2.24) is 24.4 Å². The van der Waals surface area contributed by atoms with Crippen molar-refractivity contribution in [2.75, 3.05) is 19.0 Å². The summed E-state index contributed by atoms with van der Waals surface area (Å²) in [4.78, 5) is 29.4. The zero-order chi connectivity index (χ0) is 26.5. The highest BCUT2D eigenvalue weighted by Crippen LogP contribution is 2.24. The number of fused-ring (bicyclic) bond motifs is 1. The minimum atomic E-state index is -0.484. The second kappa shape index (κ2) is 10.8.